The molecule has 27 heavy (non-hydrogen) atoms. The number of nitrogens with one attached hydrogen (secondary N) is 1. The number of sulfonamides is 1. The highest BCUT2D eigenvalue weighted by Gasteiger charge is 2.30. The lowest BCUT2D eigenvalue weighted by Crippen LogP contribution is -2.44. The predicted octanol–water partition coefficient (Wildman–Crippen LogP) is 2.34. The monoisotopic (exact) mass is 387 g/mol. The molecule has 6 nitrogen and oxygen atoms in total. The molecule has 1 amide bonds. The number of rotatable bonds is 5. The molecule has 0 saturated carbocycles. The number of carbonyl (C=O) groups excluding carboxylic acids is 1. The van der Waals surface area contributed by atoms with Gasteiger partial charge in [-0.05, 0) is 44.2 Å². The number of piperidine rings is 1. The molecule has 1 fully saturated rings. The first kappa shape index (κ1) is 19.4. The zero-order chi connectivity index (χ0) is 19.4. The van der Waals surface area contributed by atoms with Crippen molar-refractivity contribution >= 4 is 21.6 Å². The zero-order valence-corrected chi connectivity index (χ0v) is 16.4. The van der Waals surface area contributed by atoms with Gasteiger partial charge in [0.25, 0.3) is 15.9 Å². The molecular formula is C20H25N3O3S. The van der Waals surface area contributed by atoms with Crippen molar-refractivity contribution < 1.29 is 13.2 Å². The predicted molar refractivity (Wildman–Crippen MR) is 106 cm³/mol. The Kier molecular flexibility index (Phi) is 5.82. The van der Waals surface area contributed by atoms with E-state index in [0.717, 1.165) is 12.8 Å². The molecule has 1 heterocycles. The number of hydrogen-bond donors (Lipinski definition) is 1. The largest absolute Gasteiger partial charge is 0.338 e. The first-order valence-corrected chi connectivity index (χ1v) is 10.5. The zero-order valence-electron chi connectivity index (χ0n) is 15.6. The Morgan fingerprint density at radius 3 is 2.26 bits per heavy atom. The van der Waals surface area contributed by atoms with E-state index in [1.807, 2.05) is 13.1 Å². The first-order valence-electron chi connectivity index (χ1n) is 9.04. The van der Waals surface area contributed by atoms with Crippen LogP contribution in [-0.4, -0.2) is 52.5 Å². The SMILES string of the molecule is CNC1CCN(C(=O)c2ccccc2S(=O)(=O)N(C)c2ccccc2)CC1. The fraction of sp³-hybridized carbons (Fsp3) is 0.350. The summed E-state index contributed by atoms with van der Waals surface area (Å²) in [6.45, 7) is 1.24. The van der Waals surface area contributed by atoms with Crippen LogP contribution in [0.2, 0.25) is 0 Å². The highest BCUT2D eigenvalue weighted by Crippen LogP contribution is 2.26. The van der Waals surface area contributed by atoms with Crippen molar-refractivity contribution in [2.24, 2.45) is 0 Å². The topological polar surface area (TPSA) is 69.7 Å². The minimum atomic E-state index is -3.85. The van der Waals surface area contributed by atoms with Crippen LogP contribution < -0.4 is 9.62 Å². The molecule has 0 bridgehead atoms. The highest BCUT2D eigenvalue weighted by molar-refractivity contribution is 7.92. The van der Waals surface area contributed by atoms with Gasteiger partial charge in [-0.1, -0.05) is 30.3 Å². The van der Waals surface area contributed by atoms with Crippen molar-refractivity contribution in [1.29, 1.82) is 0 Å². The number of para-hydroxylation sites is 1. The summed E-state index contributed by atoms with van der Waals surface area (Å²) in [5.41, 5.74) is 0.776. The molecule has 0 spiro atoms. The lowest BCUT2D eigenvalue weighted by molar-refractivity contribution is 0.0703. The average molecular weight is 388 g/mol. The van der Waals surface area contributed by atoms with Gasteiger partial charge in [0.1, 0.15) is 4.90 Å². The molecular weight excluding hydrogens is 362 g/mol. The van der Waals surface area contributed by atoms with Gasteiger partial charge in [-0.15, -0.1) is 0 Å². The molecule has 1 aliphatic rings. The van der Waals surface area contributed by atoms with Gasteiger partial charge in [0.2, 0.25) is 0 Å². The van der Waals surface area contributed by atoms with Crippen molar-refractivity contribution in [3.63, 3.8) is 0 Å². The second-order valence-corrected chi connectivity index (χ2v) is 8.60. The van der Waals surface area contributed by atoms with Crippen molar-refractivity contribution in [3.05, 3.63) is 60.2 Å². The smallest absolute Gasteiger partial charge is 0.264 e. The summed E-state index contributed by atoms with van der Waals surface area (Å²) in [6.07, 6.45) is 1.72. The quantitative estimate of drug-likeness (QED) is 0.855. The van der Waals surface area contributed by atoms with Gasteiger partial charge < -0.3 is 10.2 Å². The van der Waals surface area contributed by atoms with Crippen molar-refractivity contribution in [2.45, 2.75) is 23.8 Å². The second kappa shape index (κ2) is 8.10. The van der Waals surface area contributed by atoms with Gasteiger partial charge in [0.15, 0.2) is 0 Å². The lowest BCUT2D eigenvalue weighted by atomic mass is 10.0. The summed E-state index contributed by atoms with van der Waals surface area (Å²) in [5, 5.41) is 3.23. The Bertz CT molecular complexity index is 892. The normalized spacial score (nSPS) is 15.6. The molecule has 1 saturated heterocycles. The van der Waals surface area contributed by atoms with E-state index in [-0.39, 0.29) is 16.4 Å². The van der Waals surface area contributed by atoms with E-state index >= 15 is 0 Å². The summed E-state index contributed by atoms with van der Waals surface area (Å²) in [7, 11) is -0.424. The second-order valence-electron chi connectivity index (χ2n) is 6.66. The minimum Gasteiger partial charge on any atom is -0.338 e. The van der Waals surface area contributed by atoms with Crippen LogP contribution in [0.15, 0.2) is 59.5 Å². The van der Waals surface area contributed by atoms with Crippen LogP contribution in [0.3, 0.4) is 0 Å². The molecule has 0 aromatic heterocycles. The van der Waals surface area contributed by atoms with Crippen LogP contribution in [0.4, 0.5) is 5.69 Å². The molecule has 0 unspecified atom stereocenters. The van der Waals surface area contributed by atoms with Crippen molar-refractivity contribution in [1.82, 2.24) is 10.2 Å². The number of benzene rings is 2. The molecule has 2 aromatic rings. The minimum absolute atomic E-state index is 0.0390. The number of hydrogen-bond acceptors (Lipinski definition) is 4. The van der Waals surface area contributed by atoms with E-state index < -0.39 is 10.0 Å². The Labute approximate surface area is 160 Å². The van der Waals surface area contributed by atoms with Crippen LogP contribution in [0.5, 0.6) is 0 Å². The average Bonchev–Trinajstić information content (AvgIpc) is 2.73. The fourth-order valence-corrected chi connectivity index (χ4v) is 4.71. The van der Waals surface area contributed by atoms with Crippen LogP contribution in [0.25, 0.3) is 0 Å². The third-order valence-electron chi connectivity index (χ3n) is 5.07. The molecule has 0 aliphatic carbocycles. The van der Waals surface area contributed by atoms with Gasteiger partial charge >= 0.3 is 0 Å². The summed E-state index contributed by atoms with van der Waals surface area (Å²) in [6, 6.07) is 15.7. The van der Waals surface area contributed by atoms with Crippen molar-refractivity contribution in [3.8, 4) is 0 Å². The molecule has 1 N–H and O–H groups in total. The molecule has 1 aliphatic heterocycles. The molecule has 2 aromatic carbocycles. The number of anilines is 1. The summed E-state index contributed by atoms with van der Waals surface area (Å²) in [4.78, 5) is 14.8. The maximum Gasteiger partial charge on any atom is 0.264 e. The van der Waals surface area contributed by atoms with Gasteiger partial charge in [0, 0.05) is 26.2 Å². The van der Waals surface area contributed by atoms with E-state index in [0.29, 0.717) is 24.8 Å². The van der Waals surface area contributed by atoms with Crippen LogP contribution in [-0.2, 0) is 10.0 Å². The van der Waals surface area contributed by atoms with Crippen LogP contribution in [0, 0.1) is 0 Å². The fourth-order valence-electron chi connectivity index (χ4n) is 3.33. The third-order valence-corrected chi connectivity index (χ3v) is 6.91. The van der Waals surface area contributed by atoms with E-state index in [1.165, 1.54) is 17.4 Å². The molecule has 7 heteroatoms. The van der Waals surface area contributed by atoms with Gasteiger partial charge in [-0.25, -0.2) is 8.42 Å². The van der Waals surface area contributed by atoms with Gasteiger partial charge in [0.05, 0.1) is 11.3 Å². The van der Waals surface area contributed by atoms with Gasteiger partial charge in [-0.3, -0.25) is 9.10 Å². The van der Waals surface area contributed by atoms with Crippen LogP contribution >= 0.6 is 0 Å². The van der Waals surface area contributed by atoms with E-state index in [4.69, 9.17) is 0 Å². The maximum atomic E-state index is 13.2. The van der Waals surface area contributed by atoms with E-state index in [9.17, 15) is 13.2 Å². The molecule has 0 atom stereocenters. The molecule has 144 valence electrons. The summed E-state index contributed by atoms with van der Waals surface area (Å²) >= 11 is 0. The third kappa shape index (κ3) is 3.99. The number of amides is 1. The Morgan fingerprint density at radius 2 is 1.63 bits per heavy atom. The van der Waals surface area contributed by atoms with E-state index in [1.54, 1.807) is 47.4 Å². The standard InChI is InChI=1S/C20H25N3O3S/c1-21-16-12-14-23(15-13-16)20(24)18-10-6-7-11-19(18)27(25,26)22(2)17-8-4-3-5-9-17/h3-11,16,21H,12-15H2,1-2H3. The van der Waals surface area contributed by atoms with Gasteiger partial charge in [-0.2, -0.15) is 0 Å². The lowest BCUT2D eigenvalue weighted by Gasteiger charge is -2.32. The number of nitrogens with zero attached hydrogens (tertiary/aromatic N) is 2. The van der Waals surface area contributed by atoms with Crippen LogP contribution in [0.1, 0.15) is 23.2 Å². The summed E-state index contributed by atoms with van der Waals surface area (Å²) in [5.74, 6) is -0.231. The maximum absolute atomic E-state index is 13.2. The molecule has 0 radical (unpaired) electrons. The first-order chi connectivity index (χ1) is 12.9. The Hall–Kier alpha value is -2.38. The molecule has 3 rings (SSSR count). The van der Waals surface area contributed by atoms with E-state index in [2.05, 4.69) is 5.32 Å². The number of carbonyl (C=O) groups is 1. The van der Waals surface area contributed by atoms with Crippen molar-refractivity contribution in [2.75, 3.05) is 31.5 Å². The Morgan fingerprint density at radius 1 is 1.04 bits per heavy atom. The number of likely N-dealkylation sites (tertiary alicyclic amines) is 1. The summed E-state index contributed by atoms with van der Waals surface area (Å²) < 4.78 is 27.6. The Balaban J connectivity index is 1.91. The highest BCUT2D eigenvalue weighted by atomic mass is 32.2.